The van der Waals surface area contributed by atoms with E-state index in [-0.39, 0.29) is 22.9 Å². The molecule has 2 rings (SSSR count). The Morgan fingerprint density at radius 1 is 0.963 bits per heavy atom. The number of carbonyl (C=O) groups is 2. The van der Waals surface area contributed by atoms with E-state index in [2.05, 4.69) is 10.6 Å². The predicted molar refractivity (Wildman–Crippen MR) is 101 cm³/mol. The van der Waals surface area contributed by atoms with Gasteiger partial charge in [-0.3, -0.25) is 9.59 Å². The van der Waals surface area contributed by atoms with E-state index in [9.17, 15) is 14.7 Å². The van der Waals surface area contributed by atoms with Gasteiger partial charge >= 0.3 is 0 Å². The second-order valence-electron chi connectivity index (χ2n) is 5.50. The molecular weight excluding hydrogens is 352 g/mol. The maximum absolute atomic E-state index is 12.6. The van der Waals surface area contributed by atoms with Gasteiger partial charge in [0.15, 0.2) is 11.5 Å². The lowest BCUT2D eigenvalue weighted by atomic mass is 10.1. The van der Waals surface area contributed by atoms with E-state index in [4.69, 9.17) is 14.2 Å². The number of hydrogen-bond acceptors (Lipinski definition) is 6. The lowest BCUT2D eigenvalue weighted by molar-refractivity contribution is -0.115. The van der Waals surface area contributed by atoms with E-state index in [1.54, 1.807) is 13.0 Å². The maximum Gasteiger partial charge on any atom is 0.256 e. The molecule has 0 saturated heterocycles. The second kappa shape index (κ2) is 8.79. The fourth-order valence-electron chi connectivity index (χ4n) is 2.37. The lowest BCUT2D eigenvalue weighted by Crippen LogP contribution is -2.13. The Labute approximate surface area is 157 Å². The summed E-state index contributed by atoms with van der Waals surface area (Å²) in [6.07, 6.45) is 0.320. The summed E-state index contributed by atoms with van der Waals surface area (Å²) in [5.74, 6) is 0.214. The lowest BCUT2D eigenvalue weighted by Gasteiger charge is -2.14. The smallest absolute Gasteiger partial charge is 0.256 e. The normalized spacial score (nSPS) is 10.1. The van der Waals surface area contributed by atoms with Gasteiger partial charge in [0.25, 0.3) is 5.91 Å². The number of methoxy groups -OCH3 is 3. The molecule has 0 aromatic heterocycles. The summed E-state index contributed by atoms with van der Waals surface area (Å²) >= 11 is 0. The van der Waals surface area contributed by atoms with E-state index in [1.807, 2.05) is 0 Å². The molecule has 0 aliphatic rings. The number of aromatic hydroxyl groups is 1. The first-order valence-electron chi connectivity index (χ1n) is 8.17. The highest BCUT2D eigenvalue weighted by Crippen LogP contribution is 2.38. The van der Waals surface area contributed by atoms with Crippen molar-refractivity contribution in [3.8, 4) is 23.0 Å². The Morgan fingerprint density at radius 3 is 2.07 bits per heavy atom. The Bertz CT molecular complexity index is 825. The number of benzene rings is 2. The van der Waals surface area contributed by atoms with Crippen LogP contribution in [0, 0.1) is 0 Å². The highest BCUT2D eigenvalue weighted by molar-refractivity contribution is 6.06. The molecule has 0 aliphatic heterocycles. The van der Waals surface area contributed by atoms with Gasteiger partial charge < -0.3 is 30.0 Å². The second-order valence-corrected chi connectivity index (χ2v) is 5.50. The number of phenolic OH excluding ortho intramolecular Hbond substituents is 1. The summed E-state index contributed by atoms with van der Waals surface area (Å²) in [7, 11) is 4.37. The van der Waals surface area contributed by atoms with Crippen LogP contribution in [0.15, 0.2) is 30.3 Å². The van der Waals surface area contributed by atoms with Crippen LogP contribution in [0.3, 0.4) is 0 Å². The summed E-state index contributed by atoms with van der Waals surface area (Å²) in [6, 6.07) is 7.44. The predicted octanol–water partition coefficient (Wildman–Crippen LogP) is 3.02. The zero-order valence-corrected chi connectivity index (χ0v) is 15.6. The molecule has 0 saturated carbocycles. The molecule has 27 heavy (non-hydrogen) atoms. The van der Waals surface area contributed by atoms with Crippen LogP contribution in [-0.4, -0.2) is 38.3 Å². The Hall–Kier alpha value is -3.42. The Kier molecular flexibility index (Phi) is 6.48. The molecule has 0 unspecified atom stereocenters. The Morgan fingerprint density at radius 2 is 1.59 bits per heavy atom. The minimum absolute atomic E-state index is 0.176. The largest absolute Gasteiger partial charge is 0.506 e. The van der Waals surface area contributed by atoms with E-state index >= 15 is 0 Å². The first kappa shape index (κ1) is 19.9. The number of carbonyl (C=O) groups excluding carboxylic acids is 2. The van der Waals surface area contributed by atoms with Gasteiger partial charge in [-0.15, -0.1) is 0 Å². The molecule has 0 heterocycles. The molecule has 2 aromatic rings. The molecule has 0 bridgehead atoms. The van der Waals surface area contributed by atoms with Gasteiger partial charge in [-0.05, 0) is 24.3 Å². The quantitative estimate of drug-likeness (QED) is 0.643. The van der Waals surface area contributed by atoms with Crippen molar-refractivity contribution in [3.05, 3.63) is 35.9 Å². The fraction of sp³-hybridized carbons (Fsp3) is 0.263. The molecule has 0 spiro atoms. The summed E-state index contributed by atoms with van der Waals surface area (Å²) in [5.41, 5.74) is 0.889. The number of amides is 2. The van der Waals surface area contributed by atoms with Crippen molar-refractivity contribution >= 4 is 23.2 Å². The average Bonchev–Trinajstić information content (AvgIpc) is 2.68. The van der Waals surface area contributed by atoms with Gasteiger partial charge in [-0.1, -0.05) is 6.92 Å². The van der Waals surface area contributed by atoms with Crippen LogP contribution in [0.5, 0.6) is 23.0 Å². The van der Waals surface area contributed by atoms with Crippen molar-refractivity contribution in [3.63, 3.8) is 0 Å². The van der Waals surface area contributed by atoms with Gasteiger partial charge in [0.2, 0.25) is 11.7 Å². The van der Waals surface area contributed by atoms with Crippen molar-refractivity contribution in [1.29, 1.82) is 0 Å². The highest BCUT2D eigenvalue weighted by Gasteiger charge is 2.18. The van der Waals surface area contributed by atoms with Crippen LogP contribution >= 0.6 is 0 Å². The molecule has 3 N–H and O–H groups in total. The minimum Gasteiger partial charge on any atom is -0.506 e. The van der Waals surface area contributed by atoms with Gasteiger partial charge in [0.1, 0.15) is 5.75 Å². The van der Waals surface area contributed by atoms with Crippen LogP contribution in [-0.2, 0) is 4.79 Å². The topological polar surface area (TPSA) is 106 Å². The van der Waals surface area contributed by atoms with Crippen LogP contribution in [0.2, 0.25) is 0 Å². The van der Waals surface area contributed by atoms with Crippen molar-refractivity contribution in [2.45, 2.75) is 13.3 Å². The van der Waals surface area contributed by atoms with Crippen LogP contribution in [0.25, 0.3) is 0 Å². The first-order valence-corrected chi connectivity index (χ1v) is 8.17. The molecule has 144 valence electrons. The van der Waals surface area contributed by atoms with Crippen LogP contribution in [0.4, 0.5) is 11.4 Å². The molecule has 0 fully saturated rings. The highest BCUT2D eigenvalue weighted by atomic mass is 16.5. The standard InChI is InChI=1S/C19H22N2O6/c1-5-17(23)20-12-6-7-13(14(22)10-12)21-19(24)11-8-15(25-2)18(27-4)16(9-11)26-3/h6-10,22H,5H2,1-4H3,(H,20,23)(H,21,24). The zero-order valence-electron chi connectivity index (χ0n) is 15.6. The minimum atomic E-state index is -0.477. The van der Waals surface area contributed by atoms with Crippen molar-refractivity contribution in [2.24, 2.45) is 0 Å². The summed E-state index contributed by atoms with van der Waals surface area (Å²) in [4.78, 5) is 24.0. The third kappa shape index (κ3) is 4.60. The summed E-state index contributed by atoms with van der Waals surface area (Å²) in [6.45, 7) is 1.72. The van der Waals surface area contributed by atoms with Crippen molar-refractivity contribution in [1.82, 2.24) is 0 Å². The summed E-state index contributed by atoms with van der Waals surface area (Å²) < 4.78 is 15.7. The molecular formula is C19H22N2O6. The molecule has 0 aliphatic carbocycles. The monoisotopic (exact) mass is 374 g/mol. The fourth-order valence-corrected chi connectivity index (χ4v) is 2.37. The number of phenols is 1. The van der Waals surface area contributed by atoms with Gasteiger partial charge in [-0.2, -0.15) is 0 Å². The molecule has 0 radical (unpaired) electrons. The Balaban J connectivity index is 2.25. The van der Waals surface area contributed by atoms with Crippen molar-refractivity contribution in [2.75, 3.05) is 32.0 Å². The third-order valence-electron chi connectivity index (χ3n) is 3.78. The average molecular weight is 374 g/mol. The van der Waals surface area contributed by atoms with Crippen molar-refractivity contribution < 1.29 is 28.9 Å². The number of nitrogens with one attached hydrogen (secondary N) is 2. The molecule has 0 atom stereocenters. The van der Waals surface area contributed by atoms with Crippen LogP contribution in [0.1, 0.15) is 23.7 Å². The molecule has 2 aromatic carbocycles. The number of rotatable bonds is 7. The van der Waals surface area contributed by atoms with E-state index < -0.39 is 5.91 Å². The molecule has 2 amide bonds. The first-order chi connectivity index (χ1) is 12.9. The number of anilines is 2. The van der Waals surface area contributed by atoms with Gasteiger partial charge in [0.05, 0.1) is 27.0 Å². The van der Waals surface area contributed by atoms with E-state index in [0.29, 0.717) is 29.4 Å². The zero-order chi connectivity index (χ0) is 20.0. The molecule has 8 nitrogen and oxygen atoms in total. The third-order valence-corrected chi connectivity index (χ3v) is 3.78. The summed E-state index contributed by atoms with van der Waals surface area (Å²) in [5, 5.41) is 15.4. The van der Waals surface area contributed by atoms with E-state index in [1.165, 1.54) is 45.6 Å². The van der Waals surface area contributed by atoms with Crippen LogP contribution < -0.4 is 24.8 Å². The number of hydrogen-bond donors (Lipinski definition) is 3. The maximum atomic E-state index is 12.6. The number of ether oxygens (including phenoxy) is 3. The SMILES string of the molecule is CCC(=O)Nc1ccc(NC(=O)c2cc(OC)c(OC)c(OC)c2)c(O)c1. The van der Waals surface area contributed by atoms with Gasteiger partial charge in [-0.25, -0.2) is 0 Å². The van der Waals surface area contributed by atoms with E-state index in [0.717, 1.165) is 0 Å². The van der Waals surface area contributed by atoms with Gasteiger partial charge in [0, 0.05) is 23.7 Å². The molecule has 8 heteroatoms.